The van der Waals surface area contributed by atoms with Gasteiger partial charge in [-0.3, -0.25) is 19.2 Å². The van der Waals surface area contributed by atoms with Crippen LogP contribution in [0.1, 0.15) is 34.6 Å². The molecule has 24 heavy (non-hydrogen) atoms. The van der Waals surface area contributed by atoms with Gasteiger partial charge >= 0.3 is 17.9 Å². The molecule has 0 fully saturated rings. The number of nitrogens with one attached hydrogen (secondary N) is 1. The van der Waals surface area contributed by atoms with Gasteiger partial charge < -0.3 is 24.3 Å². The summed E-state index contributed by atoms with van der Waals surface area (Å²) >= 11 is 0. The molecular weight excluding hydrogens is 322 g/mol. The third-order valence-corrected chi connectivity index (χ3v) is 2.97. The number of carbonyl (C=O) groups is 4. The summed E-state index contributed by atoms with van der Waals surface area (Å²) in [7, 11) is 1.33. The van der Waals surface area contributed by atoms with Crippen LogP contribution in [0, 0.1) is 0 Å². The second-order valence-electron chi connectivity index (χ2n) is 5.21. The Hall–Kier alpha value is -2.16. The first-order chi connectivity index (χ1) is 11.1. The van der Waals surface area contributed by atoms with Gasteiger partial charge in [-0.15, -0.1) is 0 Å². The predicted octanol–water partition coefficient (Wildman–Crippen LogP) is -0.0475. The van der Waals surface area contributed by atoms with Gasteiger partial charge in [0.2, 0.25) is 5.91 Å². The van der Waals surface area contributed by atoms with Gasteiger partial charge in [0.15, 0.2) is 12.2 Å². The van der Waals surface area contributed by atoms with Crippen molar-refractivity contribution in [3.05, 3.63) is 0 Å². The van der Waals surface area contributed by atoms with E-state index in [0.29, 0.717) is 0 Å². The highest BCUT2D eigenvalue weighted by Crippen LogP contribution is 2.17. The van der Waals surface area contributed by atoms with Crippen molar-refractivity contribution in [3.63, 3.8) is 0 Å². The minimum absolute atomic E-state index is 0.214. The summed E-state index contributed by atoms with van der Waals surface area (Å²) < 4.78 is 20.5. The highest BCUT2D eigenvalue weighted by molar-refractivity contribution is 5.73. The summed E-state index contributed by atoms with van der Waals surface area (Å²) in [5.41, 5.74) is 0. The van der Waals surface area contributed by atoms with Crippen molar-refractivity contribution >= 4 is 23.8 Å². The molecule has 9 heteroatoms. The standard InChI is InChI=1S/C15H25NO8/c1-8(16-9(2)17)14(23-11(4)19)15(24-12(5)20)13(21-6)7-22-10(3)18/h8,13-15H,7H2,1-6H3,(H,16,17)/t8-,13?,14-,15+/m1/s1. The quantitative estimate of drug-likeness (QED) is 0.456. The monoisotopic (exact) mass is 347 g/mol. The summed E-state index contributed by atoms with van der Waals surface area (Å²) in [5, 5.41) is 2.57. The Labute approximate surface area is 140 Å². The molecule has 0 saturated heterocycles. The topological polar surface area (TPSA) is 117 Å². The molecule has 4 atom stereocenters. The molecule has 0 radical (unpaired) electrons. The van der Waals surface area contributed by atoms with Gasteiger partial charge in [-0.1, -0.05) is 0 Å². The van der Waals surface area contributed by atoms with E-state index in [1.54, 1.807) is 6.92 Å². The summed E-state index contributed by atoms with van der Waals surface area (Å²) in [5.74, 6) is -2.17. The van der Waals surface area contributed by atoms with Gasteiger partial charge in [0.05, 0.1) is 6.04 Å². The zero-order valence-electron chi connectivity index (χ0n) is 14.8. The number of ether oxygens (including phenoxy) is 4. The molecule has 138 valence electrons. The van der Waals surface area contributed by atoms with Gasteiger partial charge in [-0.25, -0.2) is 0 Å². The normalized spacial score (nSPS) is 15.4. The summed E-state index contributed by atoms with van der Waals surface area (Å²) in [6, 6.07) is -0.675. The van der Waals surface area contributed by atoms with Crippen LogP contribution in [0.5, 0.6) is 0 Å². The number of rotatable bonds is 9. The summed E-state index contributed by atoms with van der Waals surface area (Å²) in [6.07, 6.45) is -3.01. The Morgan fingerprint density at radius 1 is 0.875 bits per heavy atom. The van der Waals surface area contributed by atoms with Crippen LogP contribution in [0.15, 0.2) is 0 Å². The van der Waals surface area contributed by atoms with Crippen LogP contribution in [0.25, 0.3) is 0 Å². The van der Waals surface area contributed by atoms with Crippen molar-refractivity contribution < 1.29 is 38.1 Å². The SMILES string of the molecule is COC(COC(C)=O)[C@H](OC(C)=O)[C@H](OC(C)=O)[C@@H](C)NC(C)=O. The van der Waals surface area contributed by atoms with Crippen LogP contribution in [-0.2, 0) is 38.1 Å². The number of amides is 1. The van der Waals surface area contributed by atoms with Crippen LogP contribution >= 0.6 is 0 Å². The van der Waals surface area contributed by atoms with Crippen molar-refractivity contribution in [2.75, 3.05) is 13.7 Å². The van der Waals surface area contributed by atoms with Gasteiger partial charge in [0.25, 0.3) is 0 Å². The Morgan fingerprint density at radius 2 is 1.38 bits per heavy atom. The number of hydrogen-bond acceptors (Lipinski definition) is 8. The highest BCUT2D eigenvalue weighted by atomic mass is 16.6. The number of methoxy groups -OCH3 is 1. The first-order valence-corrected chi connectivity index (χ1v) is 7.36. The molecule has 1 N–H and O–H groups in total. The van der Waals surface area contributed by atoms with E-state index in [0.717, 1.165) is 0 Å². The van der Waals surface area contributed by atoms with Crippen LogP contribution in [0.3, 0.4) is 0 Å². The van der Waals surface area contributed by atoms with Gasteiger partial charge in [-0.2, -0.15) is 0 Å². The molecule has 0 heterocycles. The Bertz CT molecular complexity index is 464. The largest absolute Gasteiger partial charge is 0.463 e. The van der Waals surface area contributed by atoms with Gasteiger partial charge in [-0.05, 0) is 6.92 Å². The maximum absolute atomic E-state index is 11.4. The minimum atomic E-state index is -1.09. The van der Waals surface area contributed by atoms with Crippen LogP contribution in [0.4, 0.5) is 0 Å². The smallest absolute Gasteiger partial charge is 0.303 e. The second-order valence-corrected chi connectivity index (χ2v) is 5.21. The van der Waals surface area contributed by atoms with E-state index in [1.807, 2.05) is 0 Å². The fourth-order valence-electron chi connectivity index (χ4n) is 2.09. The number of carbonyl (C=O) groups excluding carboxylic acids is 4. The maximum Gasteiger partial charge on any atom is 0.303 e. The lowest BCUT2D eigenvalue weighted by Gasteiger charge is -2.34. The molecule has 0 aliphatic rings. The molecule has 0 aromatic heterocycles. The van der Waals surface area contributed by atoms with Crippen molar-refractivity contribution in [1.82, 2.24) is 5.32 Å². The third kappa shape index (κ3) is 8.47. The van der Waals surface area contributed by atoms with E-state index in [9.17, 15) is 19.2 Å². The van der Waals surface area contributed by atoms with Crippen molar-refractivity contribution in [1.29, 1.82) is 0 Å². The van der Waals surface area contributed by atoms with E-state index < -0.39 is 42.3 Å². The highest BCUT2D eigenvalue weighted by Gasteiger charge is 2.39. The molecule has 0 aromatic rings. The zero-order chi connectivity index (χ0) is 18.9. The molecule has 0 aliphatic heterocycles. The van der Waals surface area contributed by atoms with Crippen molar-refractivity contribution in [2.24, 2.45) is 0 Å². The van der Waals surface area contributed by atoms with E-state index in [2.05, 4.69) is 5.32 Å². The van der Waals surface area contributed by atoms with E-state index in [-0.39, 0.29) is 12.5 Å². The van der Waals surface area contributed by atoms with Gasteiger partial charge in [0, 0.05) is 34.8 Å². The average molecular weight is 347 g/mol. The van der Waals surface area contributed by atoms with E-state index >= 15 is 0 Å². The molecule has 1 unspecified atom stereocenters. The fourth-order valence-corrected chi connectivity index (χ4v) is 2.09. The van der Waals surface area contributed by atoms with Crippen molar-refractivity contribution in [2.45, 2.75) is 59.0 Å². The second kappa shape index (κ2) is 10.6. The molecule has 0 bridgehead atoms. The Kier molecular flexibility index (Phi) is 9.63. The van der Waals surface area contributed by atoms with Crippen LogP contribution < -0.4 is 5.32 Å². The Morgan fingerprint density at radius 3 is 1.75 bits per heavy atom. The molecule has 0 aliphatic carbocycles. The first kappa shape index (κ1) is 21.8. The molecule has 0 aromatic carbocycles. The molecule has 0 rings (SSSR count). The zero-order valence-corrected chi connectivity index (χ0v) is 14.8. The minimum Gasteiger partial charge on any atom is -0.463 e. The Balaban J connectivity index is 5.52. The fraction of sp³-hybridized carbons (Fsp3) is 0.733. The first-order valence-electron chi connectivity index (χ1n) is 7.36. The summed E-state index contributed by atoms with van der Waals surface area (Å²) in [4.78, 5) is 45.1. The predicted molar refractivity (Wildman–Crippen MR) is 81.8 cm³/mol. The lowest BCUT2D eigenvalue weighted by Crippen LogP contribution is -2.55. The molecular formula is C15H25NO8. The molecule has 9 nitrogen and oxygen atoms in total. The molecule has 0 saturated carbocycles. The lowest BCUT2D eigenvalue weighted by molar-refractivity contribution is -0.185. The number of esters is 3. The lowest BCUT2D eigenvalue weighted by atomic mass is 10.0. The summed E-state index contributed by atoms with van der Waals surface area (Å²) in [6.45, 7) is 6.26. The average Bonchev–Trinajstić information content (AvgIpc) is 2.42. The van der Waals surface area contributed by atoms with E-state index in [1.165, 1.54) is 34.8 Å². The van der Waals surface area contributed by atoms with Crippen molar-refractivity contribution in [3.8, 4) is 0 Å². The molecule has 0 spiro atoms. The van der Waals surface area contributed by atoms with E-state index in [4.69, 9.17) is 18.9 Å². The van der Waals surface area contributed by atoms with Gasteiger partial charge in [0.1, 0.15) is 12.7 Å². The van der Waals surface area contributed by atoms with Crippen LogP contribution in [0.2, 0.25) is 0 Å². The third-order valence-electron chi connectivity index (χ3n) is 2.97. The molecule has 1 amide bonds. The van der Waals surface area contributed by atoms with Crippen LogP contribution in [-0.4, -0.2) is 61.9 Å². The number of hydrogen-bond donors (Lipinski definition) is 1. The maximum atomic E-state index is 11.4.